The molecule has 0 aromatic heterocycles. The summed E-state index contributed by atoms with van der Waals surface area (Å²) >= 11 is 0. The second-order valence-corrected chi connectivity index (χ2v) is 7.21. The molecule has 0 saturated heterocycles. The number of aliphatic carboxylic acids is 2. The van der Waals surface area contributed by atoms with Gasteiger partial charge in [0.25, 0.3) is 0 Å². The van der Waals surface area contributed by atoms with Gasteiger partial charge < -0.3 is 19.8 Å². The van der Waals surface area contributed by atoms with Gasteiger partial charge in [0.1, 0.15) is 0 Å². The van der Waals surface area contributed by atoms with E-state index in [4.69, 9.17) is 0 Å². The van der Waals surface area contributed by atoms with Gasteiger partial charge in [0.05, 0.1) is 11.9 Å². The smallest absolute Gasteiger partial charge is 0.544 e. The quantitative estimate of drug-likeness (QED) is 0.504. The van der Waals surface area contributed by atoms with Crippen molar-refractivity contribution in [1.29, 1.82) is 0 Å². The molecule has 17 heavy (non-hydrogen) atoms. The number of carboxylic acids is 2. The van der Waals surface area contributed by atoms with Crippen molar-refractivity contribution < 1.29 is 39.3 Å². The standard InChI is InChI=1S/2C4H4O2S2.Zn/c2*5-4(6)3-1-2-7-8-3;/h2*1H,2H2,(H,5,6);/q;;+2/p-2. The van der Waals surface area contributed by atoms with Crippen molar-refractivity contribution in [3.8, 4) is 0 Å². The van der Waals surface area contributed by atoms with Crippen molar-refractivity contribution in [1.82, 2.24) is 0 Å². The normalized spacial score (nSPS) is 17.2. The summed E-state index contributed by atoms with van der Waals surface area (Å²) in [5.74, 6) is -0.540. The van der Waals surface area contributed by atoms with Gasteiger partial charge >= 0.3 is 19.5 Å². The van der Waals surface area contributed by atoms with Crippen molar-refractivity contribution in [2.24, 2.45) is 0 Å². The minimum Gasteiger partial charge on any atom is -0.544 e. The van der Waals surface area contributed by atoms with Crippen LogP contribution >= 0.6 is 43.2 Å². The predicted molar refractivity (Wildman–Crippen MR) is 66.3 cm³/mol. The van der Waals surface area contributed by atoms with E-state index in [0.29, 0.717) is 9.81 Å². The van der Waals surface area contributed by atoms with E-state index in [0.717, 1.165) is 11.5 Å². The molecule has 0 N–H and O–H groups in total. The van der Waals surface area contributed by atoms with E-state index < -0.39 is 11.9 Å². The Morgan fingerprint density at radius 2 is 1.29 bits per heavy atom. The van der Waals surface area contributed by atoms with Gasteiger partial charge in [-0.15, -0.1) is 0 Å². The Labute approximate surface area is 127 Å². The van der Waals surface area contributed by atoms with Crippen LogP contribution in [-0.2, 0) is 29.1 Å². The van der Waals surface area contributed by atoms with Gasteiger partial charge in [-0.2, -0.15) is 0 Å². The average Bonchev–Trinajstić information content (AvgIpc) is 2.93. The predicted octanol–water partition coefficient (Wildman–Crippen LogP) is 0.0279. The summed E-state index contributed by atoms with van der Waals surface area (Å²) in [4.78, 5) is 20.7. The fraction of sp³-hybridized carbons (Fsp3) is 0.250. The van der Waals surface area contributed by atoms with Crippen molar-refractivity contribution in [2.45, 2.75) is 0 Å². The average molecular weight is 360 g/mol. The molecule has 0 unspecified atom stereocenters. The van der Waals surface area contributed by atoms with Gasteiger partial charge in [-0.25, -0.2) is 0 Å². The SMILES string of the molecule is O=C([O-])C1=CCSS1.O=C([O-])C1=CCSS1.[Zn+2]. The van der Waals surface area contributed by atoms with Gasteiger partial charge in [0.2, 0.25) is 0 Å². The minimum atomic E-state index is -1.06. The zero-order chi connectivity index (χ0) is 12.0. The van der Waals surface area contributed by atoms with Gasteiger partial charge in [0, 0.05) is 21.3 Å². The van der Waals surface area contributed by atoms with Crippen LogP contribution in [0.2, 0.25) is 0 Å². The summed E-state index contributed by atoms with van der Waals surface area (Å²) in [5, 5.41) is 20.0. The first-order valence-electron chi connectivity index (χ1n) is 4.03. The molecule has 0 radical (unpaired) electrons. The molecule has 0 aromatic carbocycles. The molecule has 9 heteroatoms. The van der Waals surface area contributed by atoms with E-state index in [2.05, 4.69) is 0 Å². The molecule has 0 amide bonds. The minimum absolute atomic E-state index is 0. The number of hydrogen-bond donors (Lipinski definition) is 0. The first kappa shape index (κ1) is 17.4. The maximum absolute atomic E-state index is 9.99. The monoisotopic (exact) mass is 358 g/mol. The van der Waals surface area contributed by atoms with Crippen molar-refractivity contribution >= 4 is 55.1 Å². The molecule has 0 fully saturated rings. The van der Waals surface area contributed by atoms with Crippen LogP contribution in [0.15, 0.2) is 22.0 Å². The number of hydrogen-bond acceptors (Lipinski definition) is 8. The Morgan fingerprint density at radius 1 is 0.941 bits per heavy atom. The second-order valence-electron chi connectivity index (χ2n) is 2.45. The van der Waals surface area contributed by atoms with Crippen molar-refractivity contribution in [3.05, 3.63) is 22.0 Å². The molecule has 0 aliphatic carbocycles. The van der Waals surface area contributed by atoms with E-state index in [9.17, 15) is 19.8 Å². The molecule has 2 aliphatic rings. The Morgan fingerprint density at radius 3 is 1.41 bits per heavy atom. The fourth-order valence-electron chi connectivity index (χ4n) is 0.717. The summed E-state index contributed by atoms with van der Waals surface area (Å²) in [5.41, 5.74) is 0. The van der Waals surface area contributed by atoms with E-state index in [1.165, 1.54) is 43.2 Å². The molecule has 0 aromatic rings. The molecule has 0 saturated carbocycles. The largest absolute Gasteiger partial charge is 2.00 e. The molecule has 88 valence electrons. The Bertz CT molecular complexity index is 321. The summed E-state index contributed by atoms with van der Waals surface area (Å²) in [6.07, 6.45) is 3.31. The molecule has 2 aliphatic heterocycles. The Hall–Kier alpha value is 0.443. The van der Waals surface area contributed by atoms with E-state index in [-0.39, 0.29) is 19.5 Å². The summed E-state index contributed by atoms with van der Waals surface area (Å²) in [6, 6.07) is 0. The summed E-state index contributed by atoms with van der Waals surface area (Å²) < 4.78 is 0. The molecule has 0 bridgehead atoms. The van der Waals surface area contributed by atoms with E-state index in [1.54, 1.807) is 12.2 Å². The fourth-order valence-corrected chi connectivity index (χ4v) is 4.62. The Balaban J connectivity index is 0.000000284. The maximum atomic E-state index is 9.99. The zero-order valence-corrected chi connectivity index (χ0v) is 14.8. The van der Waals surface area contributed by atoms with Crippen LogP contribution in [0.3, 0.4) is 0 Å². The number of carbonyl (C=O) groups excluding carboxylic acids is 2. The van der Waals surface area contributed by atoms with Gasteiger partial charge in [0.15, 0.2) is 0 Å². The molecule has 0 spiro atoms. The van der Waals surface area contributed by atoms with Crippen LogP contribution in [0.5, 0.6) is 0 Å². The van der Waals surface area contributed by atoms with Crippen LogP contribution in [0.1, 0.15) is 0 Å². The van der Waals surface area contributed by atoms with Gasteiger partial charge in [-0.3, -0.25) is 0 Å². The second kappa shape index (κ2) is 9.38. The van der Waals surface area contributed by atoms with Crippen LogP contribution in [0, 0.1) is 0 Å². The van der Waals surface area contributed by atoms with E-state index in [1.807, 2.05) is 0 Å². The van der Waals surface area contributed by atoms with Crippen LogP contribution in [0.25, 0.3) is 0 Å². The third-order valence-corrected chi connectivity index (χ3v) is 5.84. The first-order valence-corrected chi connectivity index (χ1v) is 8.67. The third kappa shape index (κ3) is 6.81. The van der Waals surface area contributed by atoms with Gasteiger partial charge in [-0.1, -0.05) is 55.3 Å². The number of rotatable bonds is 2. The van der Waals surface area contributed by atoms with Crippen LogP contribution in [0.4, 0.5) is 0 Å². The molecule has 0 atom stereocenters. The topological polar surface area (TPSA) is 80.3 Å². The molecular formula is C8H6O4S4Zn. The zero-order valence-electron chi connectivity index (χ0n) is 8.54. The summed E-state index contributed by atoms with van der Waals surface area (Å²) in [7, 11) is 5.56. The third-order valence-electron chi connectivity index (χ3n) is 1.37. The maximum Gasteiger partial charge on any atom is 2.00 e. The molecular weight excluding hydrogens is 354 g/mol. The molecule has 2 heterocycles. The van der Waals surface area contributed by atoms with Crippen molar-refractivity contribution in [2.75, 3.05) is 11.5 Å². The van der Waals surface area contributed by atoms with Crippen LogP contribution < -0.4 is 10.2 Å². The van der Waals surface area contributed by atoms with E-state index >= 15 is 0 Å². The summed E-state index contributed by atoms with van der Waals surface area (Å²) in [6.45, 7) is 0. The number of carbonyl (C=O) groups is 2. The first-order chi connectivity index (χ1) is 7.61. The molecule has 4 nitrogen and oxygen atoms in total. The van der Waals surface area contributed by atoms with Crippen molar-refractivity contribution in [3.63, 3.8) is 0 Å². The van der Waals surface area contributed by atoms with Crippen LogP contribution in [-0.4, -0.2) is 23.4 Å². The van der Waals surface area contributed by atoms with Gasteiger partial charge in [-0.05, 0) is 0 Å². The molecule has 2 rings (SSSR count). The Kier molecular flexibility index (Phi) is 9.63. The number of carboxylic acid groups (broad SMARTS) is 2.